The van der Waals surface area contributed by atoms with Gasteiger partial charge in [0, 0.05) is 35.3 Å². The summed E-state index contributed by atoms with van der Waals surface area (Å²) in [5.41, 5.74) is 10.2. The third-order valence-electron chi connectivity index (χ3n) is 10.5. The second-order valence-electron chi connectivity index (χ2n) is 12.3. The molecule has 200 valence electrons. The molecular weight excluding hydrogens is 544 g/mol. The molecule has 10 aromatic rings. The topological polar surface area (TPSA) is 51.6 Å². The number of ether oxygens (including phenoxy) is 1. The SMILES string of the molecule is c1ccc2c(c1)c1ccc3c4c1n1c2cc2ccc[n+](c21)C41c2c(ccc4c5nccnc5c5cc6ccc[n+]1c6n5c24)O3. The van der Waals surface area contributed by atoms with Gasteiger partial charge in [-0.3, -0.25) is 4.98 Å². The first-order valence-corrected chi connectivity index (χ1v) is 14.9. The van der Waals surface area contributed by atoms with E-state index in [9.17, 15) is 0 Å². The first kappa shape index (κ1) is 20.7. The van der Waals surface area contributed by atoms with Gasteiger partial charge in [-0.05, 0) is 53.9 Å². The number of aromatic nitrogens is 6. The van der Waals surface area contributed by atoms with E-state index in [1.807, 2.05) is 0 Å². The lowest BCUT2D eigenvalue weighted by molar-refractivity contribution is -0.953. The van der Waals surface area contributed by atoms with Crippen LogP contribution in [0.5, 0.6) is 11.5 Å². The van der Waals surface area contributed by atoms with Gasteiger partial charge in [-0.15, -0.1) is 0 Å². The minimum absolute atomic E-state index is 0.748. The van der Waals surface area contributed by atoms with Crippen LogP contribution in [0, 0.1) is 0 Å². The van der Waals surface area contributed by atoms with E-state index in [4.69, 9.17) is 14.7 Å². The van der Waals surface area contributed by atoms with Crippen LogP contribution in [0.2, 0.25) is 0 Å². The highest BCUT2D eigenvalue weighted by atomic mass is 16.5. The van der Waals surface area contributed by atoms with E-state index >= 15 is 0 Å². The van der Waals surface area contributed by atoms with Crippen molar-refractivity contribution in [1.82, 2.24) is 18.8 Å². The molecule has 0 saturated heterocycles. The molecule has 7 aromatic heterocycles. The molecule has 0 N–H and O–H groups in total. The fourth-order valence-electron chi connectivity index (χ4n) is 9.10. The molecule has 0 bridgehead atoms. The van der Waals surface area contributed by atoms with Gasteiger partial charge < -0.3 is 4.74 Å². The van der Waals surface area contributed by atoms with Crippen LogP contribution in [0.15, 0.2) is 110 Å². The second kappa shape index (κ2) is 6.31. The lowest BCUT2D eigenvalue weighted by atomic mass is 9.81. The Morgan fingerprint density at radius 3 is 1.93 bits per heavy atom. The van der Waals surface area contributed by atoms with Crippen molar-refractivity contribution < 1.29 is 13.9 Å². The molecule has 0 saturated carbocycles. The van der Waals surface area contributed by atoms with Gasteiger partial charge in [0.25, 0.3) is 11.3 Å². The Kier molecular flexibility index (Phi) is 2.97. The Balaban J connectivity index is 1.42. The molecular formula is C37H18N6O+2. The normalized spacial score (nSPS) is 17.4. The number of hydrogen-bond acceptors (Lipinski definition) is 3. The number of fused-ring (bicyclic) bond motifs is 6. The number of nitrogens with zero attached hydrogens (tertiary/aromatic N) is 6. The van der Waals surface area contributed by atoms with Crippen LogP contribution in [0.25, 0.3) is 76.7 Å². The molecule has 44 heavy (non-hydrogen) atoms. The van der Waals surface area contributed by atoms with Crippen molar-refractivity contribution in [2.75, 3.05) is 0 Å². The van der Waals surface area contributed by atoms with Gasteiger partial charge in [-0.25, -0.2) is 4.98 Å². The quantitative estimate of drug-likeness (QED) is 0.157. The van der Waals surface area contributed by atoms with E-state index in [2.05, 4.69) is 115 Å². The van der Waals surface area contributed by atoms with Gasteiger partial charge in [0.1, 0.15) is 39.2 Å². The molecule has 1 atom stereocenters. The molecule has 7 heteroatoms. The zero-order chi connectivity index (χ0) is 28.1. The van der Waals surface area contributed by atoms with Gasteiger partial charge in [0.05, 0.1) is 28.6 Å². The first-order valence-electron chi connectivity index (χ1n) is 14.9. The highest BCUT2D eigenvalue weighted by Crippen LogP contribution is 2.55. The molecule has 3 aliphatic rings. The summed E-state index contributed by atoms with van der Waals surface area (Å²) in [6.45, 7) is 0. The predicted molar refractivity (Wildman–Crippen MR) is 167 cm³/mol. The summed E-state index contributed by atoms with van der Waals surface area (Å²) in [7, 11) is 0. The number of hydrogen-bond donors (Lipinski definition) is 0. The Hall–Kier alpha value is -6.08. The zero-order valence-corrected chi connectivity index (χ0v) is 23.0. The average molecular weight is 563 g/mol. The fraction of sp³-hybridized carbons (Fsp3) is 0.0270. The maximum absolute atomic E-state index is 6.97. The lowest BCUT2D eigenvalue weighted by Gasteiger charge is -2.39. The Labute approximate surface area is 247 Å². The molecule has 3 aliphatic heterocycles. The molecule has 0 fully saturated rings. The van der Waals surface area contributed by atoms with E-state index < -0.39 is 5.66 Å². The molecule has 1 unspecified atom stereocenters. The van der Waals surface area contributed by atoms with Crippen LogP contribution in [-0.2, 0) is 5.66 Å². The Morgan fingerprint density at radius 1 is 0.568 bits per heavy atom. The average Bonchev–Trinajstić information content (AvgIpc) is 3.67. The Bertz CT molecular complexity index is 2890. The van der Waals surface area contributed by atoms with Crippen molar-refractivity contribution in [1.29, 1.82) is 0 Å². The van der Waals surface area contributed by atoms with E-state index in [0.29, 0.717) is 0 Å². The van der Waals surface area contributed by atoms with Gasteiger partial charge in [0.2, 0.25) is 0 Å². The molecule has 0 amide bonds. The molecule has 7 nitrogen and oxygen atoms in total. The fourth-order valence-corrected chi connectivity index (χ4v) is 9.10. The Morgan fingerprint density at radius 2 is 1.18 bits per heavy atom. The number of pyridine rings is 4. The lowest BCUT2D eigenvalue weighted by Crippen LogP contribution is -2.77. The predicted octanol–water partition coefficient (Wildman–Crippen LogP) is 6.51. The van der Waals surface area contributed by atoms with Crippen molar-refractivity contribution in [3.8, 4) is 11.5 Å². The summed E-state index contributed by atoms with van der Waals surface area (Å²) >= 11 is 0. The van der Waals surface area contributed by atoms with E-state index in [0.717, 1.165) is 61.1 Å². The smallest absolute Gasteiger partial charge is 0.321 e. The van der Waals surface area contributed by atoms with Crippen LogP contribution in [0.4, 0.5) is 0 Å². The zero-order valence-electron chi connectivity index (χ0n) is 23.0. The van der Waals surface area contributed by atoms with Crippen LogP contribution in [-0.4, -0.2) is 18.8 Å². The summed E-state index contributed by atoms with van der Waals surface area (Å²) in [5.74, 6) is 1.74. The van der Waals surface area contributed by atoms with Gasteiger partial charge in [0.15, 0.2) is 16.6 Å². The maximum Gasteiger partial charge on any atom is 0.321 e. The van der Waals surface area contributed by atoms with Crippen molar-refractivity contribution >= 4 is 76.7 Å². The van der Waals surface area contributed by atoms with E-state index in [1.165, 1.54) is 38.2 Å². The van der Waals surface area contributed by atoms with Gasteiger partial charge in [-0.1, -0.05) is 24.3 Å². The molecule has 0 aliphatic carbocycles. The van der Waals surface area contributed by atoms with E-state index in [-0.39, 0.29) is 0 Å². The van der Waals surface area contributed by atoms with Crippen LogP contribution >= 0.6 is 0 Å². The highest BCUT2D eigenvalue weighted by Gasteiger charge is 2.63. The number of benzene rings is 3. The van der Waals surface area contributed by atoms with Crippen LogP contribution in [0.3, 0.4) is 0 Å². The summed E-state index contributed by atoms with van der Waals surface area (Å²) in [6, 6.07) is 30.9. The first-order chi connectivity index (χ1) is 21.8. The van der Waals surface area contributed by atoms with Crippen molar-refractivity contribution in [2.24, 2.45) is 0 Å². The molecule has 3 aromatic carbocycles. The second-order valence-corrected chi connectivity index (χ2v) is 12.3. The maximum atomic E-state index is 6.97. The minimum Gasteiger partial charge on any atom is -0.456 e. The largest absolute Gasteiger partial charge is 0.456 e. The van der Waals surface area contributed by atoms with Crippen molar-refractivity contribution in [3.63, 3.8) is 0 Å². The number of rotatable bonds is 0. The standard InChI is InChI=1S/C37H18N6O/c1-2-8-22-21(7-1)23-9-11-27-29-33(23)42-25(22)17-19-5-3-15-40(35(19)42)37(29)30-28(44-27)12-10-24-31-32(39-14-13-38-31)26-18-20-6-4-16-41(37)36(20)43(26)34(24)30/h1-18H/q+2. The summed E-state index contributed by atoms with van der Waals surface area (Å²) in [6.07, 6.45) is 8.09. The molecule has 13 rings (SSSR count). The van der Waals surface area contributed by atoms with Gasteiger partial charge >= 0.3 is 5.66 Å². The van der Waals surface area contributed by atoms with Crippen LogP contribution < -0.4 is 13.9 Å². The summed E-state index contributed by atoms with van der Waals surface area (Å²) in [4.78, 5) is 9.76. The van der Waals surface area contributed by atoms with Crippen molar-refractivity contribution in [2.45, 2.75) is 5.66 Å². The third kappa shape index (κ3) is 1.85. The molecule has 10 heterocycles. The van der Waals surface area contributed by atoms with Crippen molar-refractivity contribution in [3.05, 3.63) is 121 Å². The molecule has 1 spiro atoms. The monoisotopic (exact) mass is 562 g/mol. The summed E-state index contributed by atoms with van der Waals surface area (Å²) in [5, 5.41) is 7.16. The van der Waals surface area contributed by atoms with Crippen LogP contribution in [0.1, 0.15) is 11.1 Å². The highest BCUT2D eigenvalue weighted by molar-refractivity contribution is 6.18. The summed E-state index contributed by atoms with van der Waals surface area (Å²) < 4.78 is 16.8. The van der Waals surface area contributed by atoms with E-state index in [1.54, 1.807) is 12.4 Å². The third-order valence-corrected chi connectivity index (χ3v) is 10.5. The minimum atomic E-state index is -0.748. The molecule has 0 radical (unpaired) electrons. The van der Waals surface area contributed by atoms with Gasteiger partial charge in [-0.2, -0.15) is 17.9 Å².